The number of esters is 1. The van der Waals surface area contributed by atoms with Crippen molar-refractivity contribution >= 4 is 40.5 Å². The summed E-state index contributed by atoms with van der Waals surface area (Å²) in [4.78, 5) is 42.1. The molecule has 0 radical (unpaired) electrons. The molecule has 2 aromatic heterocycles. The molecule has 0 bridgehead atoms. The molecule has 8 heteroatoms. The van der Waals surface area contributed by atoms with Crippen LogP contribution in [0.5, 0.6) is 0 Å². The maximum absolute atomic E-state index is 12.8. The number of amides is 2. The number of thiophene rings is 2. The molecule has 3 rings (SSSR count). The van der Waals surface area contributed by atoms with Gasteiger partial charge < -0.3 is 14.5 Å². The lowest BCUT2D eigenvalue weighted by Gasteiger charge is -2.43. The fourth-order valence-electron chi connectivity index (χ4n) is 2.90. The molecule has 2 unspecified atom stereocenters. The quantitative estimate of drug-likeness (QED) is 0.769. The molecule has 0 aromatic carbocycles. The second-order valence-corrected chi connectivity index (χ2v) is 7.65. The van der Waals surface area contributed by atoms with Gasteiger partial charge in [-0.3, -0.25) is 9.59 Å². The van der Waals surface area contributed by atoms with E-state index in [-0.39, 0.29) is 30.9 Å². The highest BCUT2D eigenvalue weighted by atomic mass is 32.1. The smallest absolute Gasteiger partial charge is 0.330 e. The predicted molar refractivity (Wildman–Crippen MR) is 96.0 cm³/mol. The SMILES string of the molecule is COC(=O)C1CN(C(=O)c2cccs2)C(C)CN1C(=O)c1cccs1. The first kappa shape index (κ1) is 17.6. The van der Waals surface area contributed by atoms with E-state index in [0.29, 0.717) is 9.75 Å². The summed E-state index contributed by atoms with van der Waals surface area (Å²) in [6.07, 6.45) is 0. The van der Waals surface area contributed by atoms with Crippen LogP contribution in [0.25, 0.3) is 0 Å². The predicted octanol–water partition coefficient (Wildman–Crippen LogP) is 2.34. The van der Waals surface area contributed by atoms with Gasteiger partial charge in [0.15, 0.2) is 0 Å². The summed E-state index contributed by atoms with van der Waals surface area (Å²) >= 11 is 2.69. The molecule has 1 aliphatic heterocycles. The van der Waals surface area contributed by atoms with Crippen LogP contribution in [-0.4, -0.2) is 59.9 Å². The summed E-state index contributed by atoms with van der Waals surface area (Å²) < 4.78 is 4.88. The topological polar surface area (TPSA) is 66.9 Å². The molecule has 0 N–H and O–H groups in total. The lowest BCUT2D eigenvalue weighted by molar-refractivity contribution is -0.148. The minimum absolute atomic E-state index is 0.125. The molecule has 2 aromatic rings. The molecule has 1 aliphatic rings. The Morgan fingerprint density at radius 3 is 2.04 bits per heavy atom. The van der Waals surface area contributed by atoms with Crippen molar-refractivity contribution in [3.8, 4) is 0 Å². The number of hydrogen-bond acceptors (Lipinski definition) is 6. The summed E-state index contributed by atoms with van der Waals surface area (Å²) in [6.45, 7) is 2.29. The van der Waals surface area contributed by atoms with Crippen molar-refractivity contribution in [1.29, 1.82) is 0 Å². The van der Waals surface area contributed by atoms with Gasteiger partial charge in [-0.15, -0.1) is 22.7 Å². The average Bonchev–Trinajstić information content (AvgIpc) is 3.32. The largest absolute Gasteiger partial charge is 0.467 e. The van der Waals surface area contributed by atoms with E-state index < -0.39 is 12.0 Å². The lowest BCUT2D eigenvalue weighted by atomic mass is 10.1. The number of rotatable bonds is 3. The third-order valence-electron chi connectivity index (χ3n) is 4.20. The first-order chi connectivity index (χ1) is 12.0. The number of piperazine rings is 1. The first-order valence-electron chi connectivity index (χ1n) is 7.79. The number of hydrogen-bond donors (Lipinski definition) is 0. The zero-order valence-corrected chi connectivity index (χ0v) is 15.5. The standard InChI is InChI=1S/C17H18N2O4S2/c1-11-9-19(16(21)14-6-4-8-25-14)12(17(22)23-2)10-18(11)15(20)13-5-3-7-24-13/h3-8,11-12H,9-10H2,1-2H3. The van der Waals surface area contributed by atoms with Crippen LogP contribution < -0.4 is 0 Å². The molecule has 0 saturated carbocycles. The Morgan fingerprint density at radius 1 is 1.00 bits per heavy atom. The van der Waals surface area contributed by atoms with E-state index in [0.717, 1.165) is 0 Å². The van der Waals surface area contributed by atoms with Crippen LogP contribution in [0.3, 0.4) is 0 Å². The third-order valence-corrected chi connectivity index (χ3v) is 5.91. The van der Waals surface area contributed by atoms with Gasteiger partial charge in [0.1, 0.15) is 6.04 Å². The monoisotopic (exact) mass is 378 g/mol. The maximum Gasteiger partial charge on any atom is 0.330 e. The number of nitrogens with zero attached hydrogens (tertiary/aromatic N) is 2. The summed E-state index contributed by atoms with van der Waals surface area (Å²) in [5.74, 6) is -0.846. The summed E-state index contributed by atoms with van der Waals surface area (Å²) in [7, 11) is 1.29. The van der Waals surface area contributed by atoms with Gasteiger partial charge in [0.2, 0.25) is 0 Å². The molecule has 1 fully saturated rings. The second-order valence-electron chi connectivity index (χ2n) is 5.76. The minimum Gasteiger partial charge on any atom is -0.467 e. The van der Waals surface area contributed by atoms with Crippen molar-refractivity contribution in [2.45, 2.75) is 19.0 Å². The molecular weight excluding hydrogens is 360 g/mol. The van der Waals surface area contributed by atoms with Gasteiger partial charge in [-0.2, -0.15) is 0 Å². The third kappa shape index (κ3) is 3.45. The van der Waals surface area contributed by atoms with E-state index in [9.17, 15) is 14.4 Å². The first-order valence-corrected chi connectivity index (χ1v) is 9.55. The van der Waals surface area contributed by atoms with Crippen LogP contribution >= 0.6 is 22.7 Å². The molecule has 3 heterocycles. The minimum atomic E-state index is -0.806. The van der Waals surface area contributed by atoms with Crippen LogP contribution in [0.1, 0.15) is 26.3 Å². The van der Waals surface area contributed by atoms with Gasteiger partial charge in [0, 0.05) is 12.6 Å². The molecule has 6 nitrogen and oxygen atoms in total. The summed E-state index contributed by atoms with van der Waals surface area (Å²) in [6, 6.07) is 6.10. The van der Waals surface area contributed by atoms with E-state index in [4.69, 9.17) is 4.74 Å². The summed E-state index contributed by atoms with van der Waals surface area (Å²) in [5.41, 5.74) is 0. The van der Waals surface area contributed by atoms with Gasteiger partial charge >= 0.3 is 5.97 Å². The zero-order valence-electron chi connectivity index (χ0n) is 13.9. The molecular formula is C17H18N2O4S2. The van der Waals surface area contributed by atoms with Gasteiger partial charge in [-0.25, -0.2) is 4.79 Å². The van der Waals surface area contributed by atoms with E-state index >= 15 is 0 Å². The van der Waals surface area contributed by atoms with Crippen LogP contribution in [-0.2, 0) is 9.53 Å². The lowest BCUT2D eigenvalue weighted by Crippen LogP contribution is -2.62. The number of ether oxygens (including phenoxy) is 1. The van der Waals surface area contributed by atoms with Crippen molar-refractivity contribution < 1.29 is 19.1 Å². The van der Waals surface area contributed by atoms with E-state index in [1.165, 1.54) is 34.7 Å². The Hall–Kier alpha value is -2.19. The average molecular weight is 378 g/mol. The Morgan fingerprint density at radius 2 is 1.56 bits per heavy atom. The number of methoxy groups -OCH3 is 1. The Bertz CT molecular complexity index is 758. The molecule has 132 valence electrons. The maximum atomic E-state index is 12.8. The Balaban J connectivity index is 1.86. The van der Waals surface area contributed by atoms with Crippen molar-refractivity contribution in [2.75, 3.05) is 20.2 Å². The van der Waals surface area contributed by atoms with Crippen molar-refractivity contribution in [3.05, 3.63) is 44.8 Å². The highest BCUT2D eigenvalue weighted by Gasteiger charge is 2.41. The molecule has 2 atom stereocenters. The fourth-order valence-corrected chi connectivity index (χ4v) is 4.26. The Kier molecular flexibility index (Phi) is 5.19. The fraction of sp³-hybridized carbons (Fsp3) is 0.353. The van der Waals surface area contributed by atoms with Gasteiger partial charge in [0.05, 0.1) is 23.4 Å². The highest BCUT2D eigenvalue weighted by molar-refractivity contribution is 7.12. The van der Waals surface area contributed by atoms with E-state index in [2.05, 4.69) is 0 Å². The molecule has 0 spiro atoms. The normalized spacial score (nSPS) is 20.4. The molecule has 25 heavy (non-hydrogen) atoms. The molecule has 0 aliphatic carbocycles. The van der Waals surface area contributed by atoms with Gasteiger partial charge in [-0.1, -0.05) is 12.1 Å². The second kappa shape index (κ2) is 7.37. The molecule has 2 amide bonds. The van der Waals surface area contributed by atoms with Crippen LogP contribution in [0, 0.1) is 0 Å². The van der Waals surface area contributed by atoms with Crippen LogP contribution in [0.2, 0.25) is 0 Å². The van der Waals surface area contributed by atoms with Crippen molar-refractivity contribution in [1.82, 2.24) is 9.80 Å². The van der Waals surface area contributed by atoms with Gasteiger partial charge in [0.25, 0.3) is 11.8 Å². The van der Waals surface area contributed by atoms with Crippen LogP contribution in [0.15, 0.2) is 35.0 Å². The zero-order chi connectivity index (χ0) is 18.0. The Labute approximate surface area is 153 Å². The summed E-state index contributed by atoms with van der Waals surface area (Å²) in [5, 5.41) is 3.66. The van der Waals surface area contributed by atoms with Crippen molar-refractivity contribution in [2.24, 2.45) is 0 Å². The number of carbonyl (C=O) groups is 3. The van der Waals surface area contributed by atoms with Crippen molar-refractivity contribution in [3.63, 3.8) is 0 Å². The number of carbonyl (C=O) groups excluding carboxylic acids is 3. The van der Waals surface area contributed by atoms with Crippen LogP contribution in [0.4, 0.5) is 0 Å². The molecule has 1 saturated heterocycles. The highest BCUT2D eigenvalue weighted by Crippen LogP contribution is 2.24. The van der Waals surface area contributed by atoms with E-state index in [1.54, 1.807) is 23.1 Å². The van der Waals surface area contributed by atoms with Gasteiger partial charge in [-0.05, 0) is 29.8 Å². The van der Waals surface area contributed by atoms with E-state index in [1.807, 2.05) is 23.8 Å².